The molecule has 2 rings (SSSR count). The summed E-state index contributed by atoms with van der Waals surface area (Å²) in [6, 6.07) is 9.17. The highest BCUT2D eigenvalue weighted by Crippen LogP contribution is 2.34. The fraction of sp³-hybridized carbons (Fsp3) is 0.704. The van der Waals surface area contributed by atoms with Crippen molar-refractivity contribution in [2.24, 2.45) is 11.8 Å². The molecule has 3 unspecified atom stereocenters. The minimum absolute atomic E-state index is 0.549. The van der Waals surface area contributed by atoms with Crippen LogP contribution in [0.1, 0.15) is 97.8 Å². The van der Waals surface area contributed by atoms with E-state index in [1.165, 1.54) is 88.4 Å². The second kappa shape index (κ2) is 15.7. The lowest BCUT2D eigenvalue weighted by Gasteiger charge is -2.29. The lowest BCUT2D eigenvalue weighted by Crippen LogP contribution is -2.32. The second-order valence-electron chi connectivity index (χ2n) is 8.99. The van der Waals surface area contributed by atoms with Crippen LogP contribution in [0.5, 0.6) is 0 Å². The molecule has 0 saturated carbocycles. The third kappa shape index (κ3) is 9.37. The predicted molar refractivity (Wildman–Crippen MR) is 138 cm³/mol. The molecule has 2 nitrogen and oxygen atoms in total. The maximum Gasteiger partial charge on any atom is 0.0675 e. The Balaban J connectivity index is 1.71. The van der Waals surface area contributed by atoms with Gasteiger partial charge in [0.1, 0.15) is 0 Å². The largest absolute Gasteiger partial charge is 0.379 e. The Hall–Kier alpha value is -1.09. The molecule has 0 radical (unpaired) electrons. The molecule has 0 aromatic heterocycles. The molecule has 0 fully saturated rings. The van der Waals surface area contributed by atoms with Crippen LogP contribution in [0.3, 0.4) is 0 Å². The smallest absolute Gasteiger partial charge is 0.0675 e. The number of nitrogens with one attached hydrogen (secondary N) is 2. The normalized spacial score (nSPS) is 18.3. The predicted octanol–water partition coefficient (Wildman–Crippen LogP) is 9.07. The van der Waals surface area contributed by atoms with Crippen LogP contribution >= 0.6 is 11.9 Å². The molecule has 0 bridgehead atoms. The number of para-hydroxylation sites is 2. The third-order valence-electron chi connectivity index (χ3n) is 6.65. The molecule has 1 aromatic rings. The summed E-state index contributed by atoms with van der Waals surface area (Å²) in [5.41, 5.74) is 2.49. The maximum absolute atomic E-state index is 3.85. The maximum atomic E-state index is 3.85. The first-order valence-corrected chi connectivity index (χ1v) is 13.6. The van der Waals surface area contributed by atoms with Crippen LogP contribution in [0.15, 0.2) is 36.4 Å². The van der Waals surface area contributed by atoms with E-state index in [1.54, 1.807) is 0 Å². The highest BCUT2D eigenvalue weighted by molar-refractivity contribution is 8.00. The lowest BCUT2D eigenvalue weighted by molar-refractivity contribution is 0.317. The van der Waals surface area contributed by atoms with Crippen molar-refractivity contribution in [3.8, 4) is 0 Å². The van der Waals surface area contributed by atoms with Crippen molar-refractivity contribution in [1.29, 1.82) is 0 Å². The highest BCUT2D eigenvalue weighted by Gasteiger charge is 2.25. The zero-order chi connectivity index (χ0) is 21.4. The van der Waals surface area contributed by atoms with Crippen LogP contribution in [0.25, 0.3) is 0 Å². The summed E-state index contributed by atoms with van der Waals surface area (Å²) < 4.78 is 3.52. The molecular formula is C27H46N2S. The number of hydrogen-bond donors (Lipinski definition) is 2. The molecule has 0 amide bonds. The van der Waals surface area contributed by atoms with Gasteiger partial charge >= 0.3 is 0 Å². The van der Waals surface area contributed by atoms with E-state index in [1.807, 2.05) is 11.9 Å². The van der Waals surface area contributed by atoms with E-state index in [0.717, 1.165) is 17.6 Å². The minimum Gasteiger partial charge on any atom is -0.379 e. The quantitative estimate of drug-likeness (QED) is 0.165. The van der Waals surface area contributed by atoms with Gasteiger partial charge in [0.25, 0.3) is 0 Å². The molecule has 0 saturated heterocycles. The number of anilines is 2. The van der Waals surface area contributed by atoms with Crippen molar-refractivity contribution in [3.05, 3.63) is 36.4 Å². The molecule has 1 aromatic carbocycles. The van der Waals surface area contributed by atoms with Gasteiger partial charge in [-0.25, -0.2) is 0 Å². The highest BCUT2D eigenvalue weighted by atomic mass is 32.2. The van der Waals surface area contributed by atoms with Crippen LogP contribution in [-0.2, 0) is 0 Å². The number of hydrogen-bond acceptors (Lipinski definition) is 3. The molecular weight excluding hydrogens is 384 g/mol. The van der Waals surface area contributed by atoms with Gasteiger partial charge in [-0.1, -0.05) is 102 Å². The summed E-state index contributed by atoms with van der Waals surface area (Å²) in [7, 11) is 0. The van der Waals surface area contributed by atoms with Crippen LogP contribution in [0.4, 0.5) is 11.4 Å². The minimum atomic E-state index is 0.549. The van der Waals surface area contributed by atoms with Gasteiger partial charge in [-0.3, -0.25) is 0 Å². The standard InChI is InChI=1S/C27H46N2S/c1-4-7-8-9-10-11-12-13-14-15-18-23(5-2)21-24(6-3)27-22-30-29-26-20-17-16-19-25(26)28-27/h13-14,16-17,19-20,23-24,27-29H,4-12,15,18,21-22H2,1-3H3/b14-13-. The summed E-state index contributed by atoms with van der Waals surface area (Å²) in [5.74, 6) is 2.70. The zero-order valence-electron chi connectivity index (χ0n) is 19.8. The number of allylic oxidation sites excluding steroid dienone is 2. The summed E-state index contributed by atoms with van der Waals surface area (Å²) in [4.78, 5) is 0. The summed E-state index contributed by atoms with van der Waals surface area (Å²) in [6.45, 7) is 7.04. The monoisotopic (exact) mass is 430 g/mol. The van der Waals surface area contributed by atoms with Gasteiger partial charge in [-0.05, 0) is 56.1 Å². The molecule has 3 atom stereocenters. The summed E-state index contributed by atoms with van der Waals surface area (Å²) in [6.07, 6.45) is 21.0. The van der Waals surface area contributed by atoms with Gasteiger partial charge in [0.05, 0.1) is 11.4 Å². The lowest BCUT2D eigenvalue weighted by atomic mass is 9.84. The van der Waals surface area contributed by atoms with Crippen molar-refractivity contribution in [2.45, 2.75) is 104 Å². The Labute approximate surface area is 191 Å². The molecule has 0 aliphatic carbocycles. The second-order valence-corrected chi connectivity index (χ2v) is 9.82. The van der Waals surface area contributed by atoms with E-state index in [4.69, 9.17) is 0 Å². The topological polar surface area (TPSA) is 24.1 Å². The Morgan fingerprint density at radius 3 is 2.43 bits per heavy atom. The van der Waals surface area contributed by atoms with E-state index in [0.29, 0.717) is 6.04 Å². The average molecular weight is 431 g/mol. The first-order chi connectivity index (χ1) is 14.8. The molecule has 30 heavy (non-hydrogen) atoms. The molecule has 170 valence electrons. The van der Waals surface area contributed by atoms with Crippen LogP contribution < -0.4 is 10.0 Å². The average Bonchev–Trinajstić information content (AvgIpc) is 2.99. The van der Waals surface area contributed by atoms with E-state index >= 15 is 0 Å². The van der Waals surface area contributed by atoms with E-state index in [2.05, 4.69) is 67.2 Å². The van der Waals surface area contributed by atoms with Gasteiger partial charge in [0, 0.05) is 11.8 Å². The van der Waals surface area contributed by atoms with Crippen LogP contribution in [0.2, 0.25) is 0 Å². The zero-order valence-corrected chi connectivity index (χ0v) is 20.6. The van der Waals surface area contributed by atoms with Crippen molar-refractivity contribution in [2.75, 3.05) is 15.8 Å². The van der Waals surface area contributed by atoms with Gasteiger partial charge in [-0.2, -0.15) is 0 Å². The molecule has 1 aliphatic rings. The molecule has 1 heterocycles. The summed E-state index contributed by atoms with van der Waals surface area (Å²) >= 11 is 1.86. The number of rotatable bonds is 15. The Bertz CT molecular complexity index is 586. The van der Waals surface area contributed by atoms with Crippen molar-refractivity contribution in [3.63, 3.8) is 0 Å². The Morgan fingerprint density at radius 1 is 0.933 bits per heavy atom. The van der Waals surface area contributed by atoms with E-state index < -0.39 is 0 Å². The molecule has 2 N–H and O–H groups in total. The van der Waals surface area contributed by atoms with E-state index in [-0.39, 0.29) is 0 Å². The van der Waals surface area contributed by atoms with Gasteiger partial charge in [-0.15, -0.1) is 0 Å². The SMILES string of the molecule is CCCCCCCC/C=C\CCC(CC)CC(CC)C1CSNc2ccccc2N1. The van der Waals surface area contributed by atoms with Crippen molar-refractivity contribution < 1.29 is 0 Å². The number of unbranched alkanes of at least 4 members (excludes halogenated alkanes) is 6. The van der Waals surface area contributed by atoms with Gasteiger partial charge in [0.15, 0.2) is 0 Å². The third-order valence-corrected chi connectivity index (χ3v) is 7.54. The van der Waals surface area contributed by atoms with Crippen molar-refractivity contribution >= 4 is 23.3 Å². The molecule has 3 heteroatoms. The van der Waals surface area contributed by atoms with Crippen LogP contribution in [-0.4, -0.2) is 11.8 Å². The Morgan fingerprint density at radius 2 is 1.67 bits per heavy atom. The first kappa shape index (κ1) is 25.2. The van der Waals surface area contributed by atoms with Crippen LogP contribution in [0, 0.1) is 11.8 Å². The first-order valence-electron chi connectivity index (χ1n) is 12.7. The number of fused-ring (bicyclic) bond motifs is 1. The van der Waals surface area contributed by atoms with Gasteiger partial charge in [0.2, 0.25) is 0 Å². The van der Waals surface area contributed by atoms with Crippen molar-refractivity contribution in [1.82, 2.24) is 0 Å². The Kier molecular flexibility index (Phi) is 13.2. The fourth-order valence-electron chi connectivity index (χ4n) is 4.54. The number of benzene rings is 1. The van der Waals surface area contributed by atoms with E-state index in [9.17, 15) is 0 Å². The molecule has 0 spiro atoms. The fourth-order valence-corrected chi connectivity index (χ4v) is 5.50. The van der Waals surface area contributed by atoms with Gasteiger partial charge < -0.3 is 10.0 Å². The molecule has 1 aliphatic heterocycles. The summed E-state index contributed by atoms with van der Waals surface area (Å²) in [5, 5.41) is 3.85.